The third-order valence-electron chi connectivity index (χ3n) is 2.18. The topological polar surface area (TPSA) is 32.3 Å². The van der Waals surface area contributed by atoms with Gasteiger partial charge in [0.15, 0.2) is 0 Å². The van der Waals surface area contributed by atoms with Gasteiger partial charge in [-0.15, -0.1) is 0 Å². The molecule has 0 bridgehead atoms. The molecule has 90 valence electrons. The summed E-state index contributed by atoms with van der Waals surface area (Å²) in [4.78, 5) is 0. The standard InChI is InChI=1S/C11H14F3NO/c1-8(7-16)6-15-10-4-2-9(3-5-10)11(12,13)14/h2-5,8,15-16H,6-7H2,1H3. The lowest BCUT2D eigenvalue weighted by Gasteiger charge is -2.12. The van der Waals surface area contributed by atoms with Crippen LogP contribution < -0.4 is 5.32 Å². The number of halogens is 3. The highest BCUT2D eigenvalue weighted by molar-refractivity contribution is 5.45. The Morgan fingerprint density at radius 1 is 1.25 bits per heavy atom. The van der Waals surface area contributed by atoms with Gasteiger partial charge in [0.1, 0.15) is 0 Å². The summed E-state index contributed by atoms with van der Waals surface area (Å²) < 4.78 is 36.7. The fraction of sp³-hybridized carbons (Fsp3) is 0.455. The van der Waals surface area contributed by atoms with Crippen LogP contribution in [0.5, 0.6) is 0 Å². The number of nitrogens with one attached hydrogen (secondary N) is 1. The minimum absolute atomic E-state index is 0.0492. The van der Waals surface area contributed by atoms with Gasteiger partial charge in [-0.1, -0.05) is 6.92 Å². The quantitative estimate of drug-likeness (QED) is 0.838. The van der Waals surface area contributed by atoms with Gasteiger partial charge >= 0.3 is 6.18 Å². The molecule has 1 aromatic rings. The Balaban J connectivity index is 2.58. The van der Waals surface area contributed by atoms with Crippen molar-refractivity contribution in [3.05, 3.63) is 29.8 Å². The van der Waals surface area contributed by atoms with Crippen molar-refractivity contribution in [3.63, 3.8) is 0 Å². The molecule has 1 unspecified atom stereocenters. The van der Waals surface area contributed by atoms with Crippen molar-refractivity contribution in [2.75, 3.05) is 18.5 Å². The first-order valence-corrected chi connectivity index (χ1v) is 4.95. The zero-order chi connectivity index (χ0) is 12.2. The Kier molecular flexibility index (Phi) is 4.18. The molecule has 0 saturated carbocycles. The van der Waals surface area contributed by atoms with Crippen molar-refractivity contribution in [2.24, 2.45) is 5.92 Å². The molecule has 1 atom stereocenters. The number of benzene rings is 1. The van der Waals surface area contributed by atoms with Gasteiger partial charge in [0, 0.05) is 18.8 Å². The lowest BCUT2D eigenvalue weighted by molar-refractivity contribution is -0.137. The number of anilines is 1. The Labute approximate surface area is 92.1 Å². The van der Waals surface area contributed by atoms with Gasteiger partial charge in [-0.2, -0.15) is 13.2 Å². The first-order valence-electron chi connectivity index (χ1n) is 4.95. The van der Waals surface area contributed by atoms with E-state index in [9.17, 15) is 13.2 Å². The third-order valence-corrected chi connectivity index (χ3v) is 2.18. The van der Waals surface area contributed by atoms with Crippen LogP contribution in [0.25, 0.3) is 0 Å². The molecule has 0 heterocycles. The first kappa shape index (κ1) is 12.8. The average Bonchev–Trinajstić information content (AvgIpc) is 2.25. The van der Waals surface area contributed by atoms with Crippen LogP contribution in [0, 0.1) is 5.92 Å². The van der Waals surface area contributed by atoms with Crippen molar-refractivity contribution >= 4 is 5.69 Å². The maximum atomic E-state index is 12.2. The van der Waals surface area contributed by atoms with Crippen LogP contribution in [0.4, 0.5) is 18.9 Å². The van der Waals surface area contributed by atoms with E-state index in [2.05, 4.69) is 5.32 Å². The molecule has 0 aliphatic heterocycles. The Hall–Kier alpha value is -1.23. The van der Waals surface area contributed by atoms with Gasteiger partial charge in [-0.3, -0.25) is 0 Å². The van der Waals surface area contributed by atoms with Crippen molar-refractivity contribution in [1.29, 1.82) is 0 Å². The van der Waals surface area contributed by atoms with E-state index in [-0.39, 0.29) is 12.5 Å². The number of hydrogen-bond donors (Lipinski definition) is 2. The molecule has 1 rings (SSSR count). The summed E-state index contributed by atoms with van der Waals surface area (Å²) in [6.07, 6.45) is -4.29. The zero-order valence-electron chi connectivity index (χ0n) is 8.88. The minimum atomic E-state index is -4.29. The number of aliphatic hydroxyl groups excluding tert-OH is 1. The predicted octanol–water partition coefficient (Wildman–Crippen LogP) is 2.75. The molecular weight excluding hydrogens is 219 g/mol. The van der Waals surface area contributed by atoms with Gasteiger partial charge < -0.3 is 10.4 Å². The van der Waals surface area contributed by atoms with Gasteiger partial charge in [0.2, 0.25) is 0 Å². The van der Waals surface area contributed by atoms with Crippen LogP contribution in [0.1, 0.15) is 12.5 Å². The molecule has 5 heteroatoms. The second-order valence-corrected chi connectivity index (χ2v) is 3.74. The van der Waals surface area contributed by atoms with E-state index in [1.54, 1.807) is 0 Å². The van der Waals surface area contributed by atoms with E-state index >= 15 is 0 Å². The van der Waals surface area contributed by atoms with E-state index in [0.29, 0.717) is 12.2 Å². The molecule has 2 nitrogen and oxygen atoms in total. The SMILES string of the molecule is CC(CO)CNc1ccc(C(F)(F)F)cc1. The summed E-state index contributed by atoms with van der Waals surface area (Å²) in [5, 5.41) is 11.7. The highest BCUT2D eigenvalue weighted by Gasteiger charge is 2.29. The molecule has 0 fully saturated rings. The van der Waals surface area contributed by atoms with Crippen LogP contribution in [0.3, 0.4) is 0 Å². The van der Waals surface area contributed by atoms with Crippen LogP contribution in [-0.4, -0.2) is 18.3 Å². The summed E-state index contributed by atoms with van der Waals surface area (Å²) in [7, 11) is 0. The Bertz CT molecular complexity index is 321. The number of hydrogen-bond acceptors (Lipinski definition) is 2. The summed E-state index contributed by atoms with van der Waals surface area (Å²) in [6.45, 7) is 2.42. The summed E-state index contributed by atoms with van der Waals surface area (Å²) in [5.74, 6) is 0.0716. The lowest BCUT2D eigenvalue weighted by Crippen LogP contribution is -2.14. The summed E-state index contributed by atoms with van der Waals surface area (Å²) in [5.41, 5.74) is -0.0402. The molecule has 0 radical (unpaired) electrons. The van der Waals surface area contributed by atoms with E-state index in [1.807, 2.05) is 6.92 Å². The van der Waals surface area contributed by atoms with E-state index < -0.39 is 11.7 Å². The molecule has 16 heavy (non-hydrogen) atoms. The van der Waals surface area contributed by atoms with Gasteiger partial charge in [0.25, 0.3) is 0 Å². The molecule has 1 aromatic carbocycles. The van der Waals surface area contributed by atoms with Crippen LogP contribution in [-0.2, 0) is 6.18 Å². The van der Waals surface area contributed by atoms with Gasteiger partial charge in [-0.25, -0.2) is 0 Å². The molecule has 0 spiro atoms. The van der Waals surface area contributed by atoms with Crippen molar-refractivity contribution < 1.29 is 18.3 Å². The van der Waals surface area contributed by atoms with Crippen LogP contribution in [0.2, 0.25) is 0 Å². The maximum absolute atomic E-state index is 12.2. The largest absolute Gasteiger partial charge is 0.416 e. The predicted molar refractivity (Wildman–Crippen MR) is 56.2 cm³/mol. The van der Waals surface area contributed by atoms with Gasteiger partial charge in [0.05, 0.1) is 5.56 Å². The molecule has 0 saturated heterocycles. The second kappa shape index (κ2) is 5.21. The zero-order valence-corrected chi connectivity index (χ0v) is 8.88. The van der Waals surface area contributed by atoms with E-state index in [0.717, 1.165) is 12.1 Å². The molecule has 0 amide bonds. The molecular formula is C11H14F3NO. The lowest BCUT2D eigenvalue weighted by atomic mass is 10.1. The third kappa shape index (κ3) is 3.73. The fourth-order valence-corrected chi connectivity index (χ4v) is 1.13. The highest BCUT2D eigenvalue weighted by atomic mass is 19.4. The maximum Gasteiger partial charge on any atom is 0.416 e. The van der Waals surface area contributed by atoms with Gasteiger partial charge in [-0.05, 0) is 30.2 Å². The molecule has 0 aromatic heterocycles. The average molecular weight is 233 g/mol. The number of alkyl halides is 3. The van der Waals surface area contributed by atoms with Crippen molar-refractivity contribution in [2.45, 2.75) is 13.1 Å². The summed E-state index contributed by atoms with van der Waals surface area (Å²) >= 11 is 0. The van der Waals surface area contributed by atoms with Crippen LogP contribution >= 0.6 is 0 Å². The first-order chi connectivity index (χ1) is 7.43. The smallest absolute Gasteiger partial charge is 0.396 e. The van der Waals surface area contributed by atoms with E-state index in [4.69, 9.17) is 5.11 Å². The minimum Gasteiger partial charge on any atom is -0.396 e. The molecule has 0 aliphatic rings. The van der Waals surface area contributed by atoms with E-state index in [1.165, 1.54) is 12.1 Å². The Morgan fingerprint density at radius 2 is 1.81 bits per heavy atom. The van der Waals surface area contributed by atoms with Crippen molar-refractivity contribution in [1.82, 2.24) is 0 Å². The monoisotopic (exact) mass is 233 g/mol. The van der Waals surface area contributed by atoms with Crippen molar-refractivity contribution in [3.8, 4) is 0 Å². The summed E-state index contributed by atoms with van der Waals surface area (Å²) in [6, 6.07) is 4.83. The number of rotatable bonds is 4. The van der Waals surface area contributed by atoms with Crippen LogP contribution in [0.15, 0.2) is 24.3 Å². The molecule has 2 N–H and O–H groups in total. The molecule has 0 aliphatic carbocycles. The second-order valence-electron chi connectivity index (χ2n) is 3.74. The number of aliphatic hydroxyl groups is 1. The normalized spacial score (nSPS) is 13.6. The fourth-order valence-electron chi connectivity index (χ4n) is 1.13. The highest BCUT2D eigenvalue weighted by Crippen LogP contribution is 2.29. The Morgan fingerprint density at radius 3 is 2.25 bits per heavy atom.